The van der Waals surface area contributed by atoms with E-state index in [4.69, 9.17) is 4.74 Å². The molecule has 0 unspecified atom stereocenters. The lowest BCUT2D eigenvalue weighted by atomic mass is 10.2. The Hall–Kier alpha value is -2.77. The van der Waals surface area contributed by atoms with E-state index in [9.17, 15) is 9.59 Å². The van der Waals surface area contributed by atoms with Crippen LogP contribution in [0, 0.1) is 6.92 Å². The first-order valence-electron chi connectivity index (χ1n) is 6.91. The average Bonchev–Trinajstić information content (AvgIpc) is 2.92. The number of nitrogens with one attached hydrogen (secondary N) is 1. The Morgan fingerprint density at radius 1 is 1.32 bits per heavy atom. The van der Waals surface area contributed by atoms with Crippen molar-refractivity contribution in [2.24, 2.45) is 0 Å². The van der Waals surface area contributed by atoms with Gasteiger partial charge >= 0.3 is 5.97 Å². The van der Waals surface area contributed by atoms with Crippen LogP contribution in [0.15, 0.2) is 24.3 Å². The van der Waals surface area contributed by atoms with Crippen LogP contribution in [0.2, 0.25) is 0 Å². The minimum atomic E-state index is -0.379. The van der Waals surface area contributed by atoms with Crippen LogP contribution in [0.25, 0.3) is 5.69 Å². The maximum Gasteiger partial charge on any atom is 0.306 e. The maximum absolute atomic E-state index is 11.8. The Kier molecular flexibility index (Phi) is 5.18. The largest absolute Gasteiger partial charge is 0.466 e. The lowest BCUT2D eigenvalue weighted by Crippen LogP contribution is -2.14. The Morgan fingerprint density at radius 2 is 2.14 bits per heavy atom. The molecule has 2 aromatic rings. The van der Waals surface area contributed by atoms with E-state index < -0.39 is 0 Å². The van der Waals surface area contributed by atoms with Crippen molar-refractivity contribution in [3.63, 3.8) is 0 Å². The van der Waals surface area contributed by atoms with Crippen molar-refractivity contribution in [3.05, 3.63) is 30.1 Å². The highest BCUT2D eigenvalue weighted by atomic mass is 16.5. The molecule has 0 aliphatic carbocycles. The molecule has 1 aromatic carbocycles. The summed E-state index contributed by atoms with van der Waals surface area (Å²) in [6, 6.07) is 7.13. The van der Waals surface area contributed by atoms with Gasteiger partial charge in [-0.15, -0.1) is 5.10 Å². The molecular weight excluding hydrogens is 286 g/mol. The highest BCUT2D eigenvalue weighted by molar-refractivity contribution is 5.92. The van der Waals surface area contributed by atoms with Crippen LogP contribution in [0.3, 0.4) is 0 Å². The number of benzene rings is 1. The van der Waals surface area contributed by atoms with Crippen molar-refractivity contribution in [2.75, 3.05) is 11.9 Å². The summed E-state index contributed by atoms with van der Waals surface area (Å²) in [5.41, 5.74) is 1.35. The summed E-state index contributed by atoms with van der Waals surface area (Å²) in [7, 11) is 0. The molecule has 0 fully saturated rings. The fourth-order valence-corrected chi connectivity index (χ4v) is 1.86. The van der Waals surface area contributed by atoms with E-state index in [2.05, 4.69) is 20.8 Å². The molecule has 8 nitrogen and oxygen atoms in total. The number of tetrazole rings is 1. The standard InChI is InChI=1S/C14H17N5O3/c1-3-22-14(21)8-7-13(20)15-11-5-4-6-12(9-11)19-10(2)16-17-18-19/h4-6,9H,3,7-8H2,1-2H3,(H,15,20). The van der Waals surface area contributed by atoms with E-state index in [1.54, 1.807) is 36.7 Å². The number of carbonyl (C=O) groups excluding carboxylic acids is 2. The Morgan fingerprint density at radius 3 is 2.82 bits per heavy atom. The maximum atomic E-state index is 11.8. The molecule has 8 heteroatoms. The third-order valence-corrected chi connectivity index (χ3v) is 2.86. The van der Waals surface area contributed by atoms with Crippen molar-refractivity contribution < 1.29 is 14.3 Å². The molecule has 1 heterocycles. The van der Waals surface area contributed by atoms with Crippen LogP contribution < -0.4 is 5.32 Å². The van der Waals surface area contributed by atoms with Gasteiger partial charge in [0.05, 0.1) is 18.7 Å². The molecule has 1 N–H and O–H groups in total. The number of rotatable bonds is 6. The minimum absolute atomic E-state index is 0.0610. The molecule has 0 saturated carbocycles. The molecule has 0 aliphatic heterocycles. The second kappa shape index (κ2) is 7.30. The second-order valence-electron chi connectivity index (χ2n) is 4.54. The van der Waals surface area contributed by atoms with Gasteiger partial charge in [-0.3, -0.25) is 9.59 Å². The lowest BCUT2D eigenvalue weighted by molar-refractivity contribution is -0.144. The number of nitrogens with zero attached hydrogens (tertiary/aromatic N) is 4. The number of anilines is 1. The molecule has 1 aromatic heterocycles. The summed E-state index contributed by atoms with van der Waals surface area (Å²) in [5.74, 6) is 0.0140. The number of esters is 1. The summed E-state index contributed by atoms with van der Waals surface area (Å²) in [6.45, 7) is 3.82. The first kappa shape index (κ1) is 15.6. The zero-order valence-corrected chi connectivity index (χ0v) is 12.4. The fourth-order valence-electron chi connectivity index (χ4n) is 1.86. The number of ether oxygens (including phenoxy) is 1. The van der Waals surface area contributed by atoms with E-state index in [0.29, 0.717) is 18.1 Å². The molecule has 2 rings (SSSR count). The Balaban J connectivity index is 1.97. The normalized spacial score (nSPS) is 10.3. The predicted octanol–water partition coefficient (Wildman–Crippen LogP) is 1.25. The smallest absolute Gasteiger partial charge is 0.306 e. The summed E-state index contributed by atoms with van der Waals surface area (Å²) < 4.78 is 6.34. The van der Waals surface area contributed by atoms with Gasteiger partial charge in [-0.2, -0.15) is 4.68 Å². The van der Waals surface area contributed by atoms with E-state index in [-0.39, 0.29) is 24.7 Å². The highest BCUT2D eigenvalue weighted by Gasteiger charge is 2.09. The SMILES string of the molecule is CCOC(=O)CCC(=O)Nc1cccc(-n2nnnc2C)c1. The van der Waals surface area contributed by atoms with Gasteiger partial charge in [-0.05, 0) is 42.5 Å². The highest BCUT2D eigenvalue weighted by Crippen LogP contribution is 2.15. The first-order chi connectivity index (χ1) is 10.6. The minimum Gasteiger partial charge on any atom is -0.466 e. The summed E-state index contributed by atoms with van der Waals surface area (Å²) in [4.78, 5) is 23.0. The predicted molar refractivity (Wildman–Crippen MR) is 78.4 cm³/mol. The van der Waals surface area contributed by atoms with Gasteiger partial charge in [0.2, 0.25) is 5.91 Å². The summed E-state index contributed by atoms with van der Waals surface area (Å²) in [5, 5.41) is 14.0. The number of aromatic nitrogens is 4. The van der Waals surface area contributed by atoms with Crippen molar-refractivity contribution in [1.82, 2.24) is 20.2 Å². The third-order valence-electron chi connectivity index (χ3n) is 2.86. The molecule has 0 saturated heterocycles. The molecule has 0 aliphatic rings. The monoisotopic (exact) mass is 303 g/mol. The number of hydrogen-bond donors (Lipinski definition) is 1. The van der Waals surface area contributed by atoms with Gasteiger partial charge in [0, 0.05) is 12.1 Å². The molecule has 1 amide bonds. The number of carbonyl (C=O) groups is 2. The van der Waals surface area contributed by atoms with Crippen LogP contribution in [0.1, 0.15) is 25.6 Å². The van der Waals surface area contributed by atoms with Crippen molar-refractivity contribution in [3.8, 4) is 5.69 Å². The molecule has 22 heavy (non-hydrogen) atoms. The van der Waals surface area contributed by atoms with Crippen molar-refractivity contribution in [1.29, 1.82) is 0 Å². The van der Waals surface area contributed by atoms with Crippen molar-refractivity contribution in [2.45, 2.75) is 26.7 Å². The number of aryl methyl sites for hydroxylation is 1. The molecule has 0 spiro atoms. The Labute approximate surface area is 127 Å². The molecule has 0 bridgehead atoms. The molecule has 0 atom stereocenters. The zero-order chi connectivity index (χ0) is 15.9. The number of amides is 1. The first-order valence-corrected chi connectivity index (χ1v) is 6.91. The van der Waals surface area contributed by atoms with E-state index in [1.165, 1.54) is 0 Å². The van der Waals surface area contributed by atoms with Crippen LogP contribution in [0.4, 0.5) is 5.69 Å². The molecule has 116 valence electrons. The second-order valence-corrected chi connectivity index (χ2v) is 4.54. The van der Waals surface area contributed by atoms with Crippen LogP contribution in [0.5, 0.6) is 0 Å². The average molecular weight is 303 g/mol. The van der Waals surface area contributed by atoms with Gasteiger partial charge in [-0.25, -0.2) is 0 Å². The van der Waals surface area contributed by atoms with E-state index >= 15 is 0 Å². The van der Waals surface area contributed by atoms with Crippen LogP contribution >= 0.6 is 0 Å². The van der Waals surface area contributed by atoms with Crippen LogP contribution in [-0.2, 0) is 14.3 Å². The lowest BCUT2D eigenvalue weighted by Gasteiger charge is -2.07. The topological polar surface area (TPSA) is 99.0 Å². The summed E-state index contributed by atoms with van der Waals surface area (Å²) >= 11 is 0. The molecule has 0 radical (unpaired) electrons. The summed E-state index contributed by atoms with van der Waals surface area (Å²) in [6.07, 6.45) is 0.137. The van der Waals surface area contributed by atoms with Gasteiger partial charge in [0.1, 0.15) is 0 Å². The quantitative estimate of drug-likeness (QED) is 0.806. The zero-order valence-electron chi connectivity index (χ0n) is 12.4. The van der Waals surface area contributed by atoms with Gasteiger partial charge < -0.3 is 10.1 Å². The third kappa shape index (κ3) is 4.11. The van der Waals surface area contributed by atoms with Gasteiger partial charge in [-0.1, -0.05) is 6.07 Å². The molecular formula is C14H17N5O3. The van der Waals surface area contributed by atoms with E-state index in [1.807, 2.05) is 6.07 Å². The van der Waals surface area contributed by atoms with Crippen LogP contribution in [-0.4, -0.2) is 38.7 Å². The Bertz CT molecular complexity index is 668. The fraction of sp³-hybridized carbons (Fsp3) is 0.357. The van der Waals surface area contributed by atoms with Crippen molar-refractivity contribution >= 4 is 17.6 Å². The van der Waals surface area contributed by atoms with Gasteiger partial charge in [0.15, 0.2) is 5.82 Å². The van der Waals surface area contributed by atoms with E-state index in [0.717, 1.165) is 5.69 Å². The number of hydrogen-bond acceptors (Lipinski definition) is 6. The van der Waals surface area contributed by atoms with Gasteiger partial charge in [0.25, 0.3) is 0 Å².